The van der Waals surface area contributed by atoms with E-state index in [0.29, 0.717) is 22.8 Å². The molecule has 1 heterocycles. The van der Waals surface area contributed by atoms with Crippen LogP contribution in [-0.4, -0.2) is 26.2 Å². The lowest BCUT2D eigenvalue weighted by atomic mass is 9.87. The van der Waals surface area contributed by atoms with Gasteiger partial charge in [-0.25, -0.2) is 4.68 Å². The molecule has 0 saturated heterocycles. The molecule has 1 unspecified atom stereocenters. The number of hydrogen-bond acceptors (Lipinski definition) is 3. The van der Waals surface area contributed by atoms with E-state index in [-0.39, 0.29) is 11.3 Å². The van der Waals surface area contributed by atoms with Gasteiger partial charge in [-0.2, -0.15) is 5.10 Å². The first-order chi connectivity index (χ1) is 13.2. The normalized spacial score (nSPS) is 12.6. The summed E-state index contributed by atoms with van der Waals surface area (Å²) in [6.45, 7) is 7.14. The summed E-state index contributed by atoms with van der Waals surface area (Å²) in [5, 5.41) is 7.23. The Morgan fingerprint density at radius 1 is 1.04 bits per heavy atom. The minimum Gasteiger partial charge on any atom is -0.307 e. The monoisotopic (exact) mass is 395 g/mol. The Morgan fingerprint density at radius 3 is 2.25 bits per heavy atom. The fourth-order valence-electron chi connectivity index (χ4n) is 2.83. The van der Waals surface area contributed by atoms with Gasteiger partial charge in [0.1, 0.15) is 5.82 Å². The van der Waals surface area contributed by atoms with Crippen LogP contribution in [0.4, 0.5) is 5.82 Å². The number of carbonyl (C=O) groups excluding carboxylic acids is 1. The fraction of sp³-hybridized carbons (Fsp3) is 0.273. The van der Waals surface area contributed by atoms with E-state index in [1.54, 1.807) is 47.5 Å². The average Bonchev–Trinajstić information content (AvgIpc) is 3.08. The molecule has 3 aromatic rings. The average molecular weight is 396 g/mol. The predicted octanol–water partition coefficient (Wildman–Crippen LogP) is 4.22. The molecule has 0 bridgehead atoms. The van der Waals surface area contributed by atoms with Crippen molar-refractivity contribution in [3.63, 3.8) is 0 Å². The van der Waals surface area contributed by atoms with Crippen LogP contribution in [0.3, 0.4) is 0 Å². The van der Waals surface area contributed by atoms with Gasteiger partial charge in [-0.05, 0) is 40.8 Å². The van der Waals surface area contributed by atoms with Crippen molar-refractivity contribution in [1.29, 1.82) is 0 Å². The second-order valence-electron chi connectivity index (χ2n) is 7.75. The van der Waals surface area contributed by atoms with Crippen molar-refractivity contribution in [2.45, 2.75) is 37.6 Å². The molecule has 0 saturated carbocycles. The zero-order valence-electron chi connectivity index (χ0n) is 16.6. The molecular formula is C22H25N3O2S. The molecule has 0 radical (unpaired) electrons. The van der Waals surface area contributed by atoms with E-state index < -0.39 is 10.8 Å². The van der Waals surface area contributed by atoms with Gasteiger partial charge in [0.05, 0.1) is 12.7 Å². The summed E-state index contributed by atoms with van der Waals surface area (Å²) < 4.78 is 13.2. The van der Waals surface area contributed by atoms with Gasteiger partial charge in [0.25, 0.3) is 5.91 Å². The standard InChI is InChI=1S/C22H25N3O2S/c1-22(2,3)18-9-5-16(6-10-18)15-25-20(13-14-23-25)24-21(26)17-7-11-19(12-8-17)28(4)27/h5-14H,15H2,1-4H3,(H,24,26). The van der Waals surface area contributed by atoms with Crippen LogP contribution >= 0.6 is 0 Å². The largest absolute Gasteiger partial charge is 0.307 e. The van der Waals surface area contributed by atoms with Crippen molar-refractivity contribution in [1.82, 2.24) is 9.78 Å². The summed E-state index contributed by atoms with van der Waals surface area (Å²) in [5.41, 5.74) is 3.02. The SMILES string of the molecule is CS(=O)c1ccc(C(=O)Nc2ccnn2Cc2ccc(C(C)(C)C)cc2)cc1. The van der Waals surface area contributed by atoms with Crippen molar-refractivity contribution in [2.75, 3.05) is 11.6 Å². The molecule has 1 amide bonds. The summed E-state index contributed by atoms with van der Waals surface area (Å²) in [7, 11) is -1.06. The smallest absolute Gasteiger partial charge is 0.256 e. The van der Waals surface area contributed by atoms with Crippen LogP contribution in [0, 0.1) is 0 Å². The molecule has 1 atom stereocenters. The number of hydrogen-bond donors (Lipinski definition) is 1. The lowest BCUT2D eigenvalue weighted by Gasteiger charge is -2.19. The number of anilines is 1. The van der Waals surface area contributed by atoms with E-state index in [9.17, 15) is 9.00 Å². The molecule has 0 spiro atoms. The Kier molecular flexibility index (Phi) is 5.79. The Bertz CT molecular complexity index is 984. The highest BCUT2D eigenvalue weighted by Gasteiger charge is 2.14. The fourth-order valence-corrected chi connectivity index (χ4v) is 3.35. The third kappa shape index (κ3) is 4.75. The van der Waals surface area contributed by atoms with Gasteiger partial charge in [-0.1, -0.05) is 45.0 Å². The molecule has 28 heavy (non-hydrogen) atoms. The van der Waals surface area contributed by atoms with Gasteiger partial charge in [0.15, 0.2) is 0 Å². The van der Waals surface area contributed by atoms with Crippen molar-refractivity contribution in [3.05, 3.63) is 77.5 Å². The maximum absolute atomic E-state index is 12.5. The maximum Gasteiger partial charge on any atom is 0.256 e. The Morgan fingerprint density at radius 2 is 1.68 bits per heavy atom. The first-order valence-corrected chi connectivity index (χ1v) is 10.7. The third-order valence-corrected chi connectivity index (χ3v) is 5.49. The highest BCUT2D eigenvalue weighted by atomic mass is 32.2. The van der Waals surface area contributed by atoms with Crippen molar-refractivity contribution in [3.8, 4) is 0 Å². The Balaban J connectivity index is 1.71. The summed E-state index contributed by atoms with van der Waals surface area (Å²) in [5.74, 6) is 0.409. The topological polar surface area (TPSA) is 64.0 Å². The minimum atomic E-state index is -1.06. The highest BCUT2D eigenvalue weighted by Crippen LogP contribution is 2.22. The van der Waals surface area contributed by atoms with Crippen LogP contribution in [0.25, 0.3) is 0 Å². The quantitative estimate of drug-likeness (QED) is 0.703. The molecule has 1 N–H and O–H groups in total. The number of nitrogens with one attached hydrogen (secondary N) is 1. The summed E-state index contributed by atoms with van der Waals surface area (Å²) in [4.78, 5) is 13.2. The molecule has 0 fully saturated rings. The van der Waals surface area contributed by atoms with Crippen LogP contribution in [0.1, 0.15) is 42.3 Å². The van der Waals surface area contributed by atoms with Gasteiger partial charge >= 0.3 is 0 Å². The molecule has 0 aliphatic heterocycles. The van der Waals surface area contributed by atoms with E-state index in [0.717, 1.165) is 5.56 Å². The lowest BCUT2D eigenvalue weighted by molar-refractivity contribution is 0.102. The lowest BCUT2D eigenvalue weighted by Crippen LogP contribution is -2.16. The summed E-state index contributed by atoms with van der Waals surface area (Å²) in [6, 6.07) is 17.0. The van der Waals surface area contributed by atoms with Crippen LogP contribution in [0.15, 0.2) is 65.7 Å². The number of benzene rings is 2. The van der Waals surface area contributed by atoms with E-state index >= 15 is 0 Å². The van der Waals surface area contributed by atoms with Gasteiger partial charge in [-0.3, -0.25) is 9.00 Å². The number of amides is 1. The van der Waals surface area contributed by atoms with E-state index in [1.807, 2.05) is 0 Å². The van der Waals surface area contributed by atoms with Crippen molar-refractivity contribution >= 4 is 22.5 Å². The van der Waals surface area contributed by atoms with Crippen LogP contribution in [0.5, 0.6) is 0 Å². The first kappa shape index (κ1) is 20.0. The molecule has 146 valence electrons. The van der Waals surface area contributed by atoms with E-state index in [1.165, 1.54) is 5.56 Å². The molecule has 1 aromatic heterocycles. The molecule has 6 heteroatoms. The molecule has 3 rings (SSSR count). The molecule has 0 aliphatic carbocycles. The first-order valence-electron chi connectivity index (χ1n) is 9.10. The number of aromatic nitrogens is 2. The van der Waals surface area contributed by atoms with Gasteiger partial charge in [0.2, 0.25) is 0 Å². The molecule has 0 aliphatic rings. The molecule has 2 aromatic carbocycles. The van der Waals surface area contributed by atoms with Crippen molar-refractivity contribution in [2.24, 2.45) is 0 Å². The zero-order chi connectivity index (χ0) is 20.3. The van der Waals surface area contributed by atoms with E-state index in [4.69, 9.17) is 0 Å². The van der Waals surface area contributed by atoms with E-state index in [2.05, 4.69) is 55.5 Å². The minimum absolute atomic E-state index is 0.114. The summed E-state index contributed by atoms with van der Waals surface area (Å²) in [6.07, 6.45) is 3.28. The Hall–Kier alpha value is -2.73. The van der Waals surface area contributed by atoms with Gasteiger partial charge in [0, 0.05) is 33.6 Å². The number of rotatable bonds is 5. The second kappa shape index (κ2) is 8.10. The summed E-state index contributed by atoms with van der Waals surface area (Å²) >= 11 is 0. The second-order valence-corrected chi connectivity index (χ2v) is 9.13. The third-order valence-electron chi connectivity index (χ3n) is 4.56. The highest BCUT2D eigenvalue weighted by molar-refractivity contribution is 7.84. The van der Waals surface area contributed by atoms with Crippen LogP contribution < -0.4 is 5.32 Å². The van der Waals surface area contributed by atoms with Crippen LogP contribution in [-0.2, 0) is 22.8 Å². The van der Waals surface area contributed by atoms with Gasteiger partial charge < -0.3 is 5.32 Å². The Labute approximate surface area is 168 Å². The van der Waals surface area contributed by atoms with Crippen LogP contribution in [0.2, 0.25) is 0 Å². The van der Waals surface area contributed by atoms with Crippen molar-refractivity contribution < 1.29 is 9.00 Å². The number of nitrogens with zero attached hydrogens (tertiary/aromatic N) is 2. The molecular weight excluding hydrogens is 370 g/mol. The zero-order valence-corrected chi connectivity index (χ0v) is 17.4. The molecule has 5 nitrogen and oxygen atoms in total. The maximum atomic E-state index is 12.5. The van der Waals surface area contributed by atoms with Gasteiger partial charge in [-0.15, -0.1) is 0 Å². The number of carbonyl (C=O) groups is 1. The predicted molar refractivity (Wildman–Crippen MR) is 113 cm³/mol.